The predicted molar refractivity (Wildman–Crippen MR) is 99.4 cm³/mol. The number of hydrogen-bond donors (Lipinski definition) is 1. The molecule has 0 radical (unpaired) electrons. The van der Waals surface area contributed by atoms with Gasteiger partial charge in [-0.25, -0.2) is 4.98 Å². The molecule has 26 heavy (non-hydrogen) atoms. The van der Waals surface area contributed by atoms with Crippen LogP contribution in [-0.2, 0) is 4.79 Å². The standard InChI is InChI=1S/C21H21N3O2/c1-15(16-5-4-6-17(13-16)24-11-10-22-14-24)23-21(25)19-9-12-26-20-8-3-2-7-18(19)20/h2-8,10-11,13-15,19H,9,12H2,1H3,(H,23,25)/t15-,19+/m0/s1. The lowest BCUT2D eigenvalue weighted by molar-refractivity contribution is -0.123. The number of nitrogens with one attached hydrogen (secondary N) is 1. The minimum Gasteiger partial charge on any atom is -0.493 e. The van der Waals surface area contributed by atoms with E-state index in [1.54, 1.807) is 12.5 Å². The van der Waals surface area contributed by atoms with E-state index in [9.17, 15) is 4.79 Å². The average Bonchev–Trinajstić information content (AvgIpc) is 3.22. The van der Waals surface area contributed by atoms with Crippen LogP contribution in [0.1, 0.15) is 36.4 Å². The molecule has 1 aliphatic heterocycles. The van der Waals surface area contributed by atoms with E-state index in [4.69, 9.17) is 4.74 Å². The van der Waals surface area contributed by atoms with Crippen LogP contribution in [0.25, 0.3) is 5.69 Å². The summed E-state index contributed by atoms with van der Waals surface area (Å²) in [7, 11) is 0. The Morgan fingerprint density at radius 2 is 2.15 bits per heavy atom. The third kappa shape index (κ3) is 3.20. The lowest BCUT2D eigenvalue weighted by atomic mass is 9.92. The molecule has 2 aromatic carbocycles. The van der Waals surface area contributed by atoms with Gasteiger partial charge in [0.15, 0.2) is 0 Å². The molecule has 5 heteroatoms. The number of carbonyl (C=O) groups is 1. The minimum absolute atomic E-state index is 0.0429. The van der Waals surface area contributed by atoms with E-state index in [2.05, 4.69) is 16.4 Å². The van der Waals surface area contributed by atoms with Gasteiger partial charge < -0.3 is 14.6 Å². The number of imidazole rings is 1. The van der Waals surface area contributed by atoms with Crippen molar-refractivity contribution in [2.24, 2.45) is 0 Å². The van der Waals surface area contributed by atoms with Crippen molar-refractivity contribution in [3.05, 3.63) is 78.4 Å². The Labute approximate surface area is 152 Å². The summed E-state index contributed by atoms with van der Waals surface area (Å²) in [6, 6.07) is 15.8. The van der Waals surface area contributed by atoms with Gasteiger partial charge >= 0.3 is 0 Å². The summed E-state index contributed by atoms with van der Waals surface area (Å²) >= 11 is 0. The number of ether oxygens (including phenoxy) is 1. The largest absolute Gasteiger partial charge is 0.493 e. The van der Waals surface area contributed by atoms with Crippen LogP contribution in [0.2, 0.25) is 0 Å². The second-order valence-corrected chi connectivity index (χ2v) is 6.52. The summed E-state index contributed by atoms with van der Waals surface area (Å²) in [5.74, 6) is 0.689. The summed E-state index contributed by atoms with van der Waals surface area (Å²) < 4.78 is 7.61. The van der Waals surface area contributed by atoms with Gasteiger partial charge in [-0.05, 0) is 37.1 Å². The molecule has 2 atom stereocenters. The number of benzene rings is 2. The van der Waals surface area contributed by atoms with E-state index >= 15 is 0 Å². The van der Waals surface area contributed by atoms with Crippen LogP contribution in [0.15, 0.2) is 67.3 Å². The molecule has 1 amide bonds. The molecule has 2 heterocycles. The fraction of sp³-hybridized carbons (Fsp3) is 0.238. The molecule has 0 saturated heterocycles. The van der Waals surface area contributed by atoms with Crippen LogP contribution < -0.4 is 10.1 Å². The SMILES string of the molecule is C[C@H](NC(=O)[C@@H]1CCOc2ccccc21)c1cccc(-n2ccnc2)c1. The second-order valence-electron chi connectivity index (χ2n) is 6.52. The van der Waals surface area contributed by atoms with Crippen molar-refractivity contribution in [1.29, 1.82) is 0 Å². The zero-order valence-electron chi connectivity index (χ0n) is 14.6. The average molecular weight is 347 g/mol. The number of carbonyl (C=O) groups excluding carboxylic acids is 1. The molecule has 0 bridgehead atoms. The minimum atomic E-state index is -0.167. The van der Waals surface area contributed by atoms with Crippen molar-refractivity contribution in [2.45, 2.75) is 25.3 Å². The monoisotopic (exact) mass is 347 g/mol. The quantitative estimate of drug-likeness (QED) is 0.784. The predicted octanol–water partition coefficient (Wildman–Crippen LogP) is 3.62. The molecule has 0 aliphatic carbocycles. The van der Waals surface area contributed by atoms with E-state index in [1.165, 1.54) is 0 Å². The van der Waals surface area contributed by atoms with Gasteiger partial charge in [-0.2, -0.15) is 0 Å². The van der Waals surface area contributed by atoms with Gasteiger partial charge in [-0.1, -0.05) is 30.3 Å². The number of nitrogens with zero attached hydrogens (tertiary/aromatic N) is 2. The number of para-hydroxylation sites is 1. The first-order chi connectivity index (χ1) is 12.7. The molecule has 0 unspecified atom stereocenters. The third-order valence-corrected chi connectivity index (χ3v) is 4.81. The van der Waals surface area contributed by atoms with Crippen molar-refractivity contribution in [2.75, 3.05) is 6.61 Å². The number of rotatable bonds is 4. The van der Waals surface area contributed by atoms with Crippen molar-refractivity contribution >= 4 is 5.91 Å². The molecule has 0 saturated carbocycles. The highest BCUT2D eigenvalue weighted by Gasteiger charge is 2.28. The molecule has 1 aromatic heterocycles. The maximum atomic E-state index is 12.9. The molecule has 132 valence electrons. The van der Waals surface area contributed by atoms with Crippen LogP contribution >= 0.6 is 0 Å². The maximum absolute atomic E-state index is 12.9. The van der Waals surface area contributed by atoms with Crippen LogP contribution in [0.5, 0.6) is 5.75 Å². The van der Waals surface area contributed by atoms with E-state index < -0.39 is 0 Å². The van der Waals surface area contributed by atoms with Gasteiger partial charge in [0.25, 0.3) is 0 Å². The normalized spacial score (nSPS) is 17.0. The Bertz CT molecular complexity index is 905. The van der Waals surface area contributed by atoms with Crippen LogP contribution in [0.3, 0.4) is 0 Å². The smallest absolute Gasteiger partial charge is 0.228 e. The first-order valence-corrected chi connectivity index (χ1v) is 8.83. The second kappa shape index (κ2) is 7.04. The fourth-order valence-electron chi connectivity index (χ4n) is 3.38. The summed E-state index contributed by atoms with van der Waals surface area (Å²) in [5.41, 5.74) is 3.05. The zero-order chi connectivity index (χ0) is 17.9. The maximum Gasteiger partial charge on any atom is 0.228 e. The Hall–Kier alpha value is -3.08. The van der Waals surface area contributed by atoms with Crippen LogP contribution in [-0.4, -0.2) is 22.1 Å². The zero-order valence-corrected chi connectivity index (χ0v) is 14.6. The highest BCUT2D eigenvalue weighted by Crippen LogP contribution is 2.33. The van der Waals surface area contributed by atoms with Crippen LogP contribution in [0.4, 0.5) is 0 Å². The lowest BCUT2D eigenvalue weighted by Crippen LogP contribution is -2.34. The number of amides is 1. The number of hydrogen-bond acceptors (Lipinski definition) is 3. The van der Waals surface area contributed by atoms with Crippen molar-refractivity contribution < 1.29 is 9.53 Å². The summed E-state index contributed by atoms with van der Waals surface area (Å²) in [6.45, 7) is 2.58. The fourth-order valence-corrected chi connectivity index (χ4v) is 3.38. The Kier molecular flexibility index (Phi) is 4.44. The van der Waals surface area contributed by atoms with Gasteiger partial charge in [-0.15, -0.1) is 0 Å². The molecule has 0 fully saturated rings. The van der Waals surface area contributed by atoms with Crippen molar-refractivity contribution in [1.82, 2.24) is 14.9 Å². The highest BCUT2D eigenvalue weighted by atomic mass is 16.5. The molecular formula is C21H21N3O2. The highest BCUT2D eigenvalue weighted by molar-refractivity contribution is 5.85. The molecule has 1 aliphatic rings. The summed E-state index contributed by atoms with van der Waals surface area (Å²) in [6.07, 6.45) is 6.12. The molecule has 4 rings (SSSR count). The first kappa shape index (κ1) is 16.4. The Morgan fingerprint density at radius 3 is 3.00 bits per heavy atom. The Balaban J connectivity index is 1.51. The third-order valence-electron chi connectivity index (χ3n) is 4.81. The van der Waals surface area contributed by atoms with Gasteiger partial charge in [0.2, 0.25) is 5.91 Å². The molecule has 1 N–H and O–H groups in total. The van der Waals surface area contributed by atoms with E-state index in [1.807, 2.05) is 60.2 Å². The van der Waals surface area contributed by atoms with Gasteiger partial charge in [0, 0.05) is 23.6 Å². The molecular weight excluding hydrogens is 326 g/mol. The number of aromatic nitrogens is 2. The summed E-state index contributed by atoms with van der Waals surface area (Å²) in [4.78, 5) is 17.0. The van der Waals surface area contributed by atoms with Crippen molar-refractivity contribution in [3.8, 4) is 11.4 Å². The van der Waals surface area contributed by atoms with E-state index in [0.717, 1.165) is 22.6 Å². The van der Waals surface area contributed by atoms with Gasteiger partial charge in [-0.3, -0.25) is 4.79 Å². The molecule has 5 nitrogen and oxygen atoms in total. The lowest BCUT2D eigenvalue weighted by Gasteiger charge is -2.26. The topological polar surface area (TPSA) is 56.1 Å². The van der Waals surface area contributed by atoms with Crippen LogP contribution in [0, 0.1) is 0 Å². The van der Waals surface area contributed by atoms with Crippen molar-refractivity contribution in [3.63, 3.8) is 0 Å². The first-order valence-electron chi connectivity index (χ1n) is 8.83. The Morgan fingerprint density at radius 1 is 1.27 bits per heavy atom. The summed E-state index contributed by atoms with van der Waals surface area (Å²) in [5, 5.41) is 3.16. The van der Waals surface area contributed by atoms with E-state index in [-0.39, 0.29) is 17.9 Å². The molecule has 3 aromatic rings. The number of fused-ring (bicyclic) bond motifs is 1. The molecule has 0 spiro atoms. The van der Waals surface area contributed by atoms with Gasteiger partial charge in [0.05, 0.1) is 24.9 Å². The van der Waals surface area contributed by atoms with Gasteiger partial charge in [0.1, 0.15) is 5.75 Å². The van der Waals surface area contributed by atoms with E-state index in [0.29, 0.717) is 13.0 Å².